The SMILES string of the molecule is C=CC1CN2CC[C@H]1CC2[C@@H](Nc1c(NCc2cc(C(F)(F)F)cc(C(F)(F)F)c2)c(=O)c1=O)c1ccnc2ccc(OC)cc12. The number of pyridine rings is 1. The van der Waals surface area contributed by atoms with Crippen molar-refractivity contribution in [1.82, 2.24) is 9.88 Å². The zero-order chi connectivity index (χ0) is 33.0. The van der Waals surface area contributed by atoms with Gasteiger partial charge in [0, 0.05) is 30.7 Å². The molecule has 7 rings (SSSR count). The normalized spacial score (nSPS) is 22.2. The summed E-state index contributed by atoms with van der Waals surface area (Å²) in [5, 5.41) is 6.68. The molecule has 13 heteroatoms. The van der Waals surface area contributed by atoms with Crippen LogP contribution < -0.4 is 26.2 Å². The molecule has 0 saturated carbocycles. The highest BCUT2D eigenvalue weighted by atomic mass is 19.4. The fourth-order valence-electron chi connectivity index (χ4n) is 6.82. The first kappa shape index (κ1) is 31.6. The summed E-state index contributed by atoms with van der Waals surface area (Å²) in [5.74, 6) is 1.25. The van der Waals surface area contributed by atoms with Crippen LogP contribution in [0.1, 0.15) is 41.1 Å². The minimum Gasteiger partial charge on any atom is -0.497 e. The maximum atomic E-state index is 13.4. The predicted octanol–water partition coefficient (Wildman–Crippen LogP) is 6.54. The first-order valence-corrected chi connectivity index (χ1v) is 14.7. The average molecular weight is 645 g/mol. The van der Waals surface area contributed by atoms with Crippen LogP contribution in [-0.2, 0) is 18.9 Å². The zero-order valence-electron chi connectivity index (χ0n) is 24.6. The summed E-state index contributed by atoms with van der Waals surface area (Å²) < 4.78 is 85.9. The molecule has 242 valence electrons. The Morgan fingerprint density at radius 3 is 2.33 bits per heavy atom. The van der Waals surface area contributed by atoms with Gasteiger partial charge >= 0.3 is 12.4 Å². The van der Waals surface area contributed by atoms with Gasteiger partial charge in [-0.15, -0.1) is 6.58 Å². The van der Waals surface area contributed by atoms with Gasteiger partial charge in [-0.3, -0.25) is 19.5 Å². The van der Waals surface area contributed by atoms with E-state index in [9.17, 15) is 35.9 Å². The Morgan fingerprint density at radius 1 is 1.02 bits per heavy atom. The Hall–Kier alpha value is -4.39. The zero-order valence-corrected chi connectivity index (χ0v) is 24.6. The van der Waals surface area contributed by atoms with Crippen molar-refractivity contribution in [3.63, 3.8) is 0 Å². The molecule has 2 bridgehead atoms. The van der Waals surface area contributed by atoms with E-state index in [-0.39, 0.29) is 29.0 Å². The summed E-state index contributed by atoms with van der Waals surface area (Å²) >= 11 is 0. The molecule has 2 N–H and O–H groups in total. The molecular weight excluding hydrogens is 614 g/mol. The standard InChI is InChI=1S/C33H30F6N4O3/c1-3-18-16-43-9-7-19(18)12-26(43)27(23-6-8-40-25-5-4-22(46-2)14-24(23)25)42-29-28(30(44)31(29)45)41-15-17-10-20(32(34,35)36)13-21(11-17)33(37,38)39/h3-6,8,10-11,13-14,18-19,26-27,41-42H,1,7,9,12,15-16H2,2H3/t18?,19-,26?,27-/m0/s1. The van der Waals surface area contributed by atoms with Crippen molar-refractivity contribution in [2.45, 2.75) is 43.8 Å². The van der Waals surface area contributed by atoms with Gasteiger partial charge in [-0.1, -0.05) is 6.08 Å². The summed E-state index contributed by atoms with van der Waals surface area (Å²) in [6.07, 6.45) is -4.69. The van der Waals surface area contributed by atoms with Crippen LogP contribution in [-0.4, -0.2) is 36.1 Å². The Balaban J connectivity index is 1.36. The number of hydrogen-bond donors (Lipinski definition) is 2. The van der Waals surface area contributed by atoms with Crippen molar-refractivity contribution in [1.29, 1.82) is 0 Å². The van der Waals surface area contributed by atoms with Gasteiger partial charge in [-0.05, 0) is 84.8 Å². The number of rotatable bonds is 9. The van der Waals surface area contributed by atoms with E-state index in [0.29, 0.717) is 35.2 Å². The Kier molecular flexibility index (Phi) is 8.07. The van der Waals surface area contributed by atoms with Gasteiger partial charge in [0.1, 0.15) is 17.1 Å². The number of ether oxygens (including phenoxy) is 1. The van der Waals surface area contributed by atoms with E-state index in [1.165, 1.54) is 7.11 Å². The molecule has 46 heavy (non-hydrogen) atoms. The lowest BCUT2D eigenvalue weighted by atomic mass is 9.73. The van der Waals surface area contributed by atoms with Gasteiger partial charge in [0.25, 0.3) is 10.9 Å². The molecule has 3 fully saturated rings. The smallest absolute Gasteiger partial charge is 0.416 e. The van der Waals surface area contributed by atoms with Gasteiger partial charge in [0.15, 0.2) is 0 Å². The summed E-state index contributed by atoms with van der Waals surface area (Å²) in [5.41, 5.74) is -3.84. The first-order valence-electron chi connectivity index (χ1n) is 14.7. The highest BCUT2D eigenvalue weighted by Crippen LogP contribution is 2.44. The minimum atomic E-state index is -5.02. The number of benzene rings is 2. The van der Waals surface area contributed by atoms with E-state index in [4.69, 9.17) is 4.74 Å². The third kappa shape index (κ3) is 5.83. The van der Waals surface area contributed by atoms with Crippen molar-refractivity contribution in [3.8, 4) is 5.75 Å². The van der Waals surface area contributed by atoms with Crippen molar-refractivity contribution in [2.75, 3.05) is 30.8 Å². The Labute approximate surface area is 259 Å². The Morgan fingerprint density at radius 2 is 1.72 bits per heavy atom. The number of anilines is 2. The summed E-state index contributed by atoms with van der Waals surface area (Å²) in [6, 6.07) is 7.82. The minimum absolute atomic E-state index is 0.0382. The average Bonchev–Trinajstić information content (AvgIpc) is 3.04. The molecule has 0 amide bonds. The number of alkyl halides is 6. The molecule has 4 heterocycles. The quantitative estimate of drug-likeness (QED) is 0.122. The first-order chi connectivity index (χ1) is 21.8. The molecule has 3 aliphatic heterocycles. The van der Waals surface area contributed by atoms with Crippen LogP contribution in [0, 0.1) is 11.8 Å². The van der Waals surface area contributed by atoms with Gasteiger partial charge in [-0.25, -0.2) is 0 Å². The monoisotopic (exact) mass is 644 g/mol. The van der Waals surface area contributed by atoms with Crippen LogP contribution in [0.3, 0.4) is 0 Å². The highest BCUT2D eigenvalue weighted by Gasteiger charge is 2.44. The fourth-order valence-corrected chi connectivity index (χ4v) is 6.82. The predicted molar refractivity (Wildman–Crippen MR) is 162 cm³/mol. The molecule has 3 aliphatic rings. The van der Waals surface area contributed by atoms with Crippen molar-refractivity contribution < 1.29 is 31.1 Å². The largest absolute Gasteiger partial charge is 0.497 e. The molecule has 1 aromatic heterocycles. The molecule has 4 aromatic rings. The van der Waals surface area contributed by atoms with Crippen LogP contribution in [0.15, 0.2) is 70.9 Å². The number of halogens is 6. The lowest BCUT2D eigenvalue weighted by molar-refractivity contribution is -0.143. The number of methoxy groups -OCH3 is 1. The van der Waals surface area contributed by atoms with Crippen LogP contribution in [0.4, 0.5) is 37.7 Å². The van der Waals surface area contributed by atoms with E-state index in [0.717, 1.165) is 36.9 Å². The van der Waals surface area contributed by atoms with E-state index in [1.807, 2.05) is 24.3 Å². The van der Waals surface area contributed by atoms with Crippen LogP contribution in [0.2, 0.25) is 0 Å². The molecule has 0 spiro atoms. The van der Waals surface area contributed by atoms with Crippen LogP contribution >= 0.6 is 0 Å². The highest BCUT2D eigenvalue weighted by molar-refractivity contribution is 5.85. The topological polar surface area (TPSA) is 83.6 Å². The van der Waals surface area contributed by atoms with E-state index < -0.39 is 46.9 Å². The number of fused-ring (bicyclic) bond motifs is 4. The van der Waals surface area contributed by atoms with Crippen molar-refractivity contribution in [3.05, 3.63) is 104 Å². The summed E-state index contributed by atoms with van der Waals surface area (Å²) in [4.78, 5) is 32.5. The van der Waals surface area contributed by atoms with Gasteiger partial charge < -0.3 is 15.4 Å². The molecule has 0 aliphatic carbocycles. The molecular formula is C33H30F6N4O3. The second kappa shape index (κ2) is 11.8. The van der Waals surface area contributed by atoms with Crippen molar-refractivity contribution >= 4 is 22.3 Å². The lowest BCUT2D eigenvalue weighted by Gasteiger charge is -2.52. The van der Waals surface area contributed by atoms with Gasteiger partial charge in [-0.2, -0.15) is 26.3 Å². The maximum Gasteiger partial charge on any atom is 0.416 e. The number of aromatic nitrogens is 1. The maximum absolute atomic E-state index is 13.4. The Bertz CT molecular complexity index is 1830. The van der Waals surface area contributed by atoms with Gasteiger partial charge in [0.2, 0.25) is 0 Å². The van der Waals surface area contributed by atoms with Crippen molar-refractivity contribution in [2.24, 2.45) is 11.8 Å². The summed E-state index contributed by atoms with van der Waals surface area (Å²) in [7, 11) is 1.54. The number of nitrogens with one attached hydrogen (secondary N) is 2. The molecule has 3 unspecified atom stereocenters. The molecule has 3 aromatic carbocycles. The number of piperidine rings is 3. The second-order valence-corrected chi connectivity index (χ2v) is 11.8. The van der Waals surface area contributed by atoms with E-state index >= 15 is 0 Å². The fraction of sp³-hybridized carbons (Fsp3) is 0.364. The molecule has 5 atom stereocenters. The third-order valence-electron chi connectivity index (χ3n) is 9.18. The third-order valence-corrected chi connectivity index (χ3v) is 9.18. The van der Waals surface area contributed by atoms with Crippen LogP contribution in [0.25, 0.3) is 10.9 Å². The van der Waals surface area contributed by atoms with E-state index in [2.05, 4.69) is 27.1 Å². The summed E-state index contributed by atoms with van der Waals surface area (Å²) in [6.45, 7) is 5.01. The molecule has 0 radical (unpaired) electrons. The lowest BCUT2D eigenvalue weighted by Crippen LogP contribution is -2.56. The molecule has 7 nitrogen and oxygen atoms in total. The van der Waals surface area contributed by atoms with Gasteiger partial charge in [0.05, 0.1) is 29.8 Å². The molecule has 3 saturated heterocycles. The number of hydrogen-bond acceptors (Lipinski definition) is 7. The number of nitrogens with zero attached hydrogens (tertiary/aromatic N) is 2. The van der Waals surface area contributed by atoms with Crippen LogP contribution in [0.5, 0.6) is 5.75 Å². The second-order valence-electron chi connectivity index (χ2n) is 11.8. The van der Waals surface area contributed by atoms with E-state index in [1.54, 1.807) is 12.3 Å².